The highest BCUT2D eigenvalue weighted by atomic mass is 35.5. The number of ether oxygens (including phenoxy) is 1. The maximum Gasteiger partial charge on any atom is 0.223 e. The topological polar surface area (TPSA) is 24.8 Å². The van der Waals surface area contributed by atoms with Crippen LogP contribution in [0.3, 0.4) is 0 Å². The Labute approximate surface area is 188 Å². The molecule has 1 aromatic heterocycles. The lowest BCUT2D eigenvalue weighted by molar-refractivity contribution is -0.0165. The lowest BCUT2D eigenvalue weighted by Crippen LogP contribution is -2.33. The molecule has 0 saturated heterocycles. The number of hydrogen-bond acceptors (Lipinski definition) is 4. The van der Waals surface area contributed by atoms with Crippen molar-refractivity contribution in [1.82, 2.24) is 5.01 Å². The van der Waals surface area contributed by atoms with Gasteiger partial charge in [0.1, 0.15) is 5.75 Å². The van der Waals surface area contributed by atoms with Crippen LogP contribution >= 0.6 is 34.5 Å². The Bertz CT molecular complexity index is 1300. The van der Waals surface area contributed by atoms with Gasteiger partial charge in [-0.15, -0.1) is 11.3 Å². The fraction of sp³-hybridized carbons (Fsp3) is 0.125. The van der Waals surface area contributed by atoms with E-state index in [4.69, 9.17) is 33.0 Å². The van der Waals surface area contributed by atoms with E-state index in [0.717, 1.165) is 28.1 Å². The van der Waals surface area contributed by atoms with Gasteiger partial charge in [-0.3, -0.25) is 0 Å². The summed E-state index contributed by atoms with van der Waals surface area (Å²) in [5.74, 6) is 0.704. The molecule has 0 N–H and O–H groups in total. The SMILES string of the molecule is Clc1cc(Cl)c2c(c1)[C@@H]1CC(c3ccc4ccccc4c3)=NN1[C@H](c1cccs1)O2. The Morgan fingerprint density at radius 1 is 0.967 bits per heavy atom. The first-order valence-corrected chi connectivity index (χ1v) is 11.3. The van der Waals surface area contributed by atoms with Gasteiger partial charge in [-0.1, -0.05) is 65.7 Å². The Morgan fingerprint density at radius 2 is 1.83 bits per heavy atom. The Kier molecular flexibility index (Phi) is 4.27. The molecule has 3 aromatic carbocycles. The van der Waals surface area contributed by atoms with Crippen molar-refractivity contribution in [3.63, 3.8) is 0 Å². The second-order valence-electron chi connectivity index (χ2n) is 7.50. The highest BCUT2D eigenvalue weighted by molar-refractivity contribution is 7.10. The van der Waals surface area contributed by atoms with Gasteiger partial charge in [0, 0.05) is 17.0 Å². The summed E-state index contributed by atoms with van der Waals surface area (Å²) in [6.07, 6.45) is 0.465. The molecule has 30 heavy (non-hydrogen) atoms. The van der Waals surface area contributed by atoms with Gasteiger partial charge in [-0.05, 0) is 46.0 Å². The van der Waals surface area contributed by atoms with Crippen molar-refractivity contribution < 1.29 is 4.74 Å². The minimum atomic E-state index is -0.306. The average molecular weight is 451 g/mol. The lowest BCUT2D eigenvalue weighted by Gasteiger charge is -2.38. The van der Waals surface area contributed by atoms with Crippen LogP contribution in [0.1, 0.15) is 34.7 Å². The lowest BCUT2D eigenvalue weighted by atomic mass is 9.95. The summed E-state index contributed by atoms with van der Waals surface area (Å²) in [5, 5.41) is 12.7. The number of benzene rings is 3. The molecule has 2 atom stereocenters. The molecule has 4 aromatic rings. The van der Waals surface area contributed by atoms with Gasteiger partial charge >= 0.3 is 0 Å². The second-order valence-corrected chi connectivity index (χ2v) is 9.32. The molecular weight excluding hydrogens is 435 g/mol. The van der Waals surface area contributed by atoms with Crippen LogP contribution in [0.15, 0.2) is 77.2 Å². The third kappa shape index (κ3) is 2.90. The number of hydrazone groups is 1. The monoisotopic (exact) mass is 450 g/mol. The van der Waals surface area contributed by atoms with E-state index in [-0.39, 0.29) is 12.3 Å². The van der Waals surface area contributed by atoms with Crippen LogP contribution in [0.4, 0.5) is 0 Å². The maximum absolute atomic E-state index is 6.52. The van der Waals surface area contributed by atoms with E-state index in [0.29, 0.717) is 15.8 Å². The Morgan fingerprint density at radius 3 is 2.67 bits per heavy atom. The number of fused-ring (bicyclic) bond motifs is 4. The number of hydrogen-bond donors (Lipinski definition) is 0. The molecule has 6 rings (SSSR count). The standard InChI is InChI=1S/C24H16Cl2N2OS/c25-17-11-18-21-13-20(16-8-7-14-4-1-2-5-15(14)10-16)27-28(21)24(22-6-3-9-30-22)29-23(18)19(26)12-17/h1-12,21,24H,13H2/t21-,24-/m0/s1. The first kappa shape index (κ1) is 18.3. The molecule has 3 nitrogen and oxygen atoms in total. The molecule has 2 aliphatic heterocycles. The van der Waals surface area contributed by atoms with Crippen molar-refractivity contribution in [1.29, 1.82) is 0 Å². The van der Waals surface area contributed by atoms with Gasteiger partial charge in [0.25, 0.3) is 0 Å². The van der Waals surface area contributed by atoms with E-state index < -0.39 is 0 Å². The first-order chi connectivity index (χ1) is 14.7. The van der Waals surface area contributed by atoms with Crippen LogP contribution in [0, 0.1) is 0 Å². The van der Waals surface area contributed by atoms with Gasteiger partial charge in [0.2, 0.25) is 6.23 Å². The molecule has 0 fully saturated rings. The number of rotatable bonds is 2. The fourth-order valence-electron chi connectivity index (χ4n) is 4.28. The van der Waals surface area contributed by atoms with E-state index in [9.17, 15) is 0 Å². The summed E-state index contributed by atoms with van der Waals surface area (Å²) in [6.45, 7) is 0. The summed E-state index contributed by atoms with van der Waals surface area (Å²) in [7, 11) is 0. The van der Waals surface area contributed by atoms with E-state index >= 15 is 0 Å². The van der Waals surface area contributed by atoms with Crippen LogP contribution in [-0.4, -0.2) is 10.7 Å². The zero-order valence-electron chi connectivity index (χ0n) is 15.8. The van der Waals surface area contributed by atoms with Crippen molar-refractivity contribution in [2.24, 2.45) is 5.10 Å². The molecule has 6 heteroatoms. The summed E-state index contributed by atoms with van der Waals surface area (Å²) in [6, 6.07) is 22.7. The number of nitrogens with zero attached hydrogens (tertiary/aromatic N) is 2. The molecule has 148 valence electrons. The molecule has 0 aliphatic carbocycles. The fourth-order valence-corrected chi connectivity index (χ4v) is 5.57. The second kappa shape index (κ2) is 7.02. The minimum Gasteiger partial charge on any atom is -0.462 e. The third-order valence-electron chi connectivity index (χ3n) is 5.68. The molecule has 0 radical (unpaired) electrons. The first-order valence-electron chi connectivity index (χ1n) is 9.71. The molecule has 0 saturated carbocycles. The Balaban J connectivity index is 1.47. The van der Waals surface area contributed by atoms with E-state index in [1.165, 1.54) is 10.8 Å². The minimum absolute atomic E-state index is 0.0264. The predicted molar refractivity (Wildman–Crippen MR) is 124 cm³/mol. The molecule has 3 heterocycles. The molecule has 0 bridgehead atoms. The predicted octanol–water partition coefficient (Wildman–Crippen LogP) is 7.45. The van der Waals surface area contributed by atoms with E-state index in [1.54, 1.807) is 17.4 Å². The van der Waals surface area contributed by atoms with Crippen molar-refractivity contribution >= 4 is 51.0 Å². The van der Waals surface area contributed by atoms with Gasteiger partial charge in [0.15, 0.2) is 0 Å². The van der Waals surface area contributed by atoms with Gasteiger partial charge in [0.05, 0.1) is 21.7 Å². The summed E-state index contributed by atoms with van der Waals surface area (Å²) >= 11 is 14.5. The molecule has 0 spiro atoms. The quantitative estimate of drug-likeness (QED) is 0.316. The molecule has 2 aliphatic rings. The maximum atomic E-state index is 6.52. The summed E-state index contributed by atoms with van der Waals surface area (Å²) < 4.78 is 6.37. The smallest absolute Gasteiger partial charge is 0.223 e. The highest BCUT2D eigenvalue weighted by Gasteiger charge is 2.42. The molecular formula is C24H16Cl2N2OS. The van der Waals surface area contributed by atoms with Gasteiger partial charge < -0.3 is 4.74 Å². The van der Waals surface area contributed by atoms with Crippen LogP contribution in [0.5, 0.6) is 5.75 Å². The third-order valence-corrected chi connectivity index (χ3v) is 7.08. The zero-order valence-corrected chi connectivity index (χ0v) is 18.1. The van der Waals surface area contributed by atoms with Crippen LogP contribution in [-0.2, 0) is 0 Å². The van der Waals surface area contributed by atoms with Crippen LogP contribution < -0.4 is 4.74 Å². The molecule has 0 unspecified atom stereocenters. The van der Waals surface area contributed by atoms with E-state index in [2.05, 4.69) is 58.9 Å². The van der Waals surface area contributed by atoms with Gasteiger partial charge in [-0.2, -0.15) is 5.10 Å². The largest absolute Gasteiger partial charge is 0.462 e. The zero-order chi connectivity index (χ0) is 20.2. The summed E-state index contributed by atoms with van der Waals surface area (Å²) in [4.78, 5) is 1.10. The highest BCUT2D eigenvalue weighted by Crippen LogP contribution is 2.51. The van der Waals surface area contributed by atoms with Crippen LogP contribution in [0.2, 0.25) is 10.0 Å². The van der Waals surface area contributed by atoms with Gasteiger partial charge in [-0.25, -0.2) is 5.01 Å². The molecule has 0 amide bonds. The number of halogens is 2. The van der Waals surface area contributed by atoms with Crippen molar-refractivity contribution in [2.75, 3.05) is 0 Å². The van der Waals surface area contributed by atoms with Crippen LogP contribution in [0.25, 0.3) is 10.8 Å². The number of thiophene rings is 1. The van der Waals surface area contributed by atoms with Crippen molar-refractivity contribution in [3.8, 4) is 5.75 Å². The average Bonchev–Trinajstić information content (AvgIpc) is 3.43. The normalized spacial score (nSPS) is 19.9. The van der Waals surface area contributed by atoms with E-state index in [1.807, 2.05) is 12.1 Å². The van der Waals surface area contributed by atoms with Crippen molar-refractivity contribution in [3.05, 3.63) is 98.2 Å². The summed E-state index contributed by atoms with van der Waals surface area (Å²) in [5.41, 5.74) is 3.16. The van der Waals surface area contributed by atoms with Crippen molar-refractivity contribution in [2.45, 2.75) is 18.7 Å². The Hall–Kier alpha value is -2.53.